The monoisotopic (exact) mass is 511 g/mol. The summed E-state index contributed by atoms with van der Waals surface area (Å²) in [6.07, 6.45) is 6.75. The van der Waals surface area contributed by atoms with E-state index in [1.807, 2.05) is 18.7 Å². The van der Waals surface area contributed by atoms with Crippen LogP contribution in [0.1, 0.15) is 71.6 Å². The van der Waals surface area contributed by atoms with E-state index in [4.69, 9.17) is 4.84 Å². The van der Waals surface area contributed by atoms with Crippen LogP contribution >= 0.6 is 0 Å². The smallest absolute Gasteiger partial charge is 0.319 e. The lowest BCUT2D eigenvalue weighted by Gasteiger charge is -2.50. The second-order valence-corrected chi connectivity index (χ2v) is 13.8. The number of likely N-dealkylation sites (N-methyl/N-ethyl adjacent to an activating group) is 1. The summed E-state index contributed by atoms with van der Waals surface area (Å²) < 4.78 is 29.2. The lowest BCUT2D eigenvalue weighted by molar-refractivity contribution is -0.142. The summed E-state index contributed by atoms with van der Waals surface area (Å²) in [6.45, 7) is 5.72. The molecule has 198 valence electrons. The molecule has 6 atom stereocenters. The first-order chi connectivity index (χ1) is 16.6. The maximum absolute atomic E-state index is 13.7. The molecule has 6 unspecified atom stereocenters. The molecule has 0 aromatic heterocycles. The van der Waals surface area contributed by atoms with E-state index in [9.17, 15) is 18.0 Å². The van der Waals surface area contributed by atoms with Gasteiger partial charge in [-0.3, -0.25) is 14.5 Å². The number of hydrogen-bond donors (Lipinski definition) is 2. The summed E-state index contributed by atoms with van der Waals surface area (Å²) in [5.41, 5.74) is 2.59. The number of carbonyl (C=O) groups is 2. The van der Waals surface area contributed by atoms with Gasteiger partial charge in [0.2, 0.25) is 15.9 Å². The molecule has 11 heteroatoms. The van der Waals surface area contributed by atoms with Crippen LogP contribution in [0.25, 0.3) is 0 Å². The number of urea groups is 1. The van der Waals surface area contributed by atoms with Crippen molar-refractivity contribution in [3.05, 3.63) is 0 Å². The molecule has 3 heterocycles. The third-order valence-corrected chi connectivity index (χ3v) is 10.9. The Labute approximate surface area is 209 Å². The number of nitrogens with one attached hydrogen (secondary N) is 2. The number of piperidine rings is 1. The molecule has 0 radical (unpaired) electrons. The number of likely N-dealkylation sites (tertiary alicyclic amines) is 1. The Hall–Kier alpha value is -1.27. The fourth-order valence-electron chi connectivity index (χ4n) is 6.35. The SMILES string of the molecule is CC1CC(CN2C(=O)C3CC(S(=O)(=O)NC4(C)CC4)CCC3N(CC3CCCCN3C)C2=O)ON1. The highest BCUT2D eigenvalue weighted by molar-refractivity contribution is 7.90. The number of fused-ring (bicyclic) bond motifs is 1. The van der Waals surface area contributed by atoms with Gasteiger partial charge in [0.05, 0.1) is 23.8 Å². The molecule has 0 aromatic carbocycles. The van der Waals surface area contributed by atoms with E-state index in [0.29, 0.717) is 19.4 Å². The highest BCUT2D eigenvalue weighted by Crippen LogP contribution is 2.40. The third kappa shape index (κ3) is 5.25. The quantitative estimate of drug-likeness (QED) is 0.532. The van der Waals surface area contributed by atoms with Crippen LogP contribution < -0.4 is 10.2 Å². The Morgan fingerprint density at radius 1 is 1.11 bits per heavy atom. The average molecular weight is 512 g/mol. The molecule has 2 aliphatic carbocycles. The number of sulfonamides is 1. The molecule has 35 heavy (non-hydrogen) atoms. The van der Waals surface area contributed by atoms with E-state index < -0.39 is 21.2 Å². The number of hydrogen-bond acceptors (Lipinski definition) is 7. The van der Waals surface area contributed by atoms with Gasteiger partial charge in [0, 0.05) is 30.2 Å². The molecular formula is C24H41N5O5S. The van der Waals surface area contributed by atoms with Crippen LogP contribution in [0.2, 0.25) is 0 Å². The van der Waals surface area contributed by atoms with Crippen molar-refractivity contribution in [1.82, 2.24) is 24.9 Å². The fourth-order valence-corrected chi connectivity index (χ4v) is 8.31. The molecule has 5 rings (SSSR count). The topological polar surface area (TPSA) is 111 Å². The Balaban J connectivity index is 1.37. The minimum absolute atomic E-state index is 0.161. The van der Waals surface area contributed by atoms with Gasteiger partial charge in [0.25, 0.3) is 0 Å². The van der Waals surface area contributed by atoms with Crippen molar-refractivity contribution in [2.75, 3.05) is 26.7 Å². The van der Waals surface area contributed by atoms with Gasteiger partial charge >= 0.3 is 6.03 Å². The molecule has 0 aromatic rings. The number of imide groups is 1. The van der Waals surface area contributed by atoms with Gasteiger partial charge < -0.3 is 9.80 Å². The molecule has 2 saturated carbocycles. The molecule has 10 nitrogen and oxygen atoms in total. The zero-order valence-electron chi connectivity index (χ0n) is 21.2. The molecule has 0 spiro atoms. The van der Waals surface area contributed by atoms with E-state index in [1.54, 1.807) is 0 Å². The summed E-state index contributed by atoms with van der Waals surface area (Å²) >= 11 is 0. The van der Waals surface area contributed by atoms with E-state index in [1.165, 1.54) is 4.90 Å². The van der Waals surface area contributed by atoms with Gasteiger partial charge in [-0.25, -0.2) is 17.9 Å². The predicted molar refractivity (Wildman–Crippen MR) is 131 cm³/mol. The van der Waals surface area contributed by atoms with Crippen molar-refractivity contribution >= 4 is 22.0 Å². The Morgan fingerprint density at radius 2 is 1.89 bits per heavy atom. The van der Waals surface area contributed by atoms with E-state index in [0.717, 1.165) is 45.1 Å². The number of hydroxylamine groups is 1. The summed E-state index contributed by atoms with van der Waals surface area (Å²) in [4.78, 5) is 38.6. The van der Waals surface area contributed by atoms with Crippen molar-refractivity contribution in [1.29, 1.82) is 0 Å². The van der Waals surface area contributed by atoms with Crippen LogP contribution in [0.4, 0.5) is 4.79 Å². The van der Waals surface area contributed by atoms with Crippen molar-refractivity contribution in [3.8, 4) is 0 Å². The molecule has 0 bridgehead atoms. The minimum atomic E-state index is -3.53. The van der Waals surface area contributed by atoms with Crippen molar-refractivity contribution in [2.45, 2.75) is 107 Å². The Bertz CT molecular complexity index is 941. The van der Waals surface area contributed by atoms with Gasteiger partial charge in [-0.15, -0.1) is 0 Å². The van der Waals surface area contributed by atoms with Gasteiger partial charge in [0.1, 0.15) is 0 Å². The van der Waals surface area contributed by atoms with Crippen LogP contribution in [0.5, 0.6) is 0 Å². The molecule has 3 aliphatic heterocycles. The molecule has 3 amide bonds. The zero-order valence-corrected chi connectivity index (χ0v) is 22.1. The van der Waals surface area contributed by atoms with Gasteiger partial charge in [-0.2, -0.15) is 5.48 Å². The average Bonchev–Trinajstić information content (AvgIpc) is 3.38. The van der Waals surface area contributed by atoms with Gasteiger partial charge in [-0.1, -0.05) is 6.42 Å². The van der Waals surface area contributed by atoms with Crippen molar-refractivity contribution in [3.63, 3.8) is 0 Å². The van der Waals surface area contributed by atoms with Gasteiger partial charge in [0.15, 0.2) is 0 Å². The molecule has 5 fully saturated rings. The second kappa shape index (κ2) is 9.55. The summed E-state index contributed by atoms with van der Waals surface area (Å²) in [5.74, 6) is -0.746. The summed E-state index contributed by atoms with van der Waals surface area (Å²) in [6, 6.07) is -0.0751. The number of amides is 3. The van der Waals surface area contributed by atoms with E-state index in [2.05, 4.69) is 22.1 Å². The number of carbonyl (C=O) groups excluding carboxylic acids is 2. The first-order valence-corrected chi connectivity index (χ1v) is 14.9. The molecule has 3 saturated heterocycles. The van der Waals surface area contributed by atoms with Crippen LogP contribution in [0.3, 0.4) is 0 Å². The summed E-state index contributed by atoms with van der Waals surface area (Å²) in [5, 5.41) is -0.608. The highest BCUT2D eigenvalue weighted by atomic mass is 32.2. The molecule has 2 N–H and O–H groups in total. The van der Waals surface area contributed by atoms with Crippen molar-refractivity contribution < 1.29 is 22.8 Å². The number of rotatable bonds is 7. The Morgan fingerprint density at radius 3 is 2.54 bits per heavy atom. The van der Waals surface area contributed by atoms with E-state index >= 15 is 0 Å². The lowest BCUT2D eigenvalue weighted by atomic mass is 9.80. The molecule has 5 aliphatic rings. The van der Waals surface area contributed by atoms with Crippen LogP contribution in [0.15, 0.2) is 0 Å². The predicted octanol–water partition coefficient (Wildman–Crippen LogP) is 1.43. The fraction of sp³-hybridized carbons (Fsp3) is 0.917. The molecular weight excluding hydrogens is 470 g/mol. The van der Waals surface area contributed by atoms with Gasteiger partial charge in [-0.05, 0) is 78.8 Å². The maximum atomic E-state index is 13.7. The zero-order chi connectivity index (χ0) is 25.0. The maximum Gasteiger partial charge on any atom is 0.327 e. The normalized spacial score (nSPS) is 38.0. The second-order valence-electron chi connectivity index (χ2n) is 11.8. The minimum Gasteiger partial charge on any atom is -0.319 e. The summed E-state index contributed by atoms with van der Waals surface area (Å²) in [7, 11) is -1.43. The Kier molecular flexibility index (Phi) is 6.93. The van der Waals surface area contributed by atoms with Crippen LogP contribution in [-0.4, -0.2) is 96.8 Å². The van der Waals surface area contributed by atoms with Crippen LogP contribution in [0, 0.1) is 5.92 Å². The lowest BCUT2D eigenvalue weighted by Crippen LogP contribution is -2.66. The largest absolute Gasteiger partial charge is 0.327 e. The van der Waals surface area contributed by atoms with E-state index in [-0.39, 0.29) is 54.7 Å². The third-order valence-electron chi connectivity index (χ3n) is 8.82. The van der Waals surface area contributed by atoms with Crippen LogP contribution in [-0.2, 0) is 19.7 Å². The first-order valence-electron chi connectivity index (χ1n) is 13.3. The number of nitrogens with zero attached hydrogens (tertiary/aromatic N) is 3. The van der Waals surface area contributed by atoms with Crippen molar-refractivity contribution in [2.24, 2.45) is 5.92 Å². The highest BCUT2D eigenvalue weighted by Gasteiger charge is 2.53. The first kappa shape index (κ1) is 25.4. The standard InChI is InChI=1S/C24H41N5O5S/c1-16-12-18(34-25-16)15-29-22(30)20-13-19(35(32,33)26-24(2)9-10-24)7-8-21(20)28(23(29)31)14-17-6-4-5-11-27(17)3/h16-21,25-26H,4-15H2,1-3H3.